The fourth-order valence-corrected chi connectivity index (χ4v) is 8.66. The summed E-state index contributed by atoms with van der Waals surface area (Å²) in [7, 11) is 3.28. The topological polar surface area (TPSA) is 71.1 Å². The maximum atomic E-state index is 13.6. The summed E-state index contributed by atoms with van der Waals surface area (Å²) in [6, 6.07) is 27.5. The fraction of sp³-hybridized carbons (Fsp3) is 0.333. The molecule has 0 atom stereocenters. The van der Waals surface area contributed by atoms with E-state index in [9.17, 15) is 9.59 Å². The highest BCUT2D eigenvalue weighted by atomic mass is 35.5. The van der Waals surface area contributed by atoms with Crippen molar-refractivity contribution in [3.63, 3.8) is 0 Å². The van der Waals surface area contributed by atoms with Gasteiger partial charge in [-0.05, 0) is 97.5 Å². The number of halogens is 2. The Labute approximate surface area is 353 Å². The van der Waals surface area contributed by atoms with E-state index in [1.807, 2.05) is 84.9 Å². The largest absolute Gasteiger partial charge is 0.497 e. The van der Waals surface area contributed by atoms with Crippen molar-refractivity contribution in [1.82, 2.24) is 0 Å². The number of likely N-dealkylation sites (tertiary alicyclic amines) is 2. The predicted octanol–water partition coefficient (Wildman–Crippen LogP) is 11.4. The highest BCUT2D eigenvalue weighted by Crippen LogP contribution is 2.35. The van der Waals surface area contributed by atoms with Crippen molar-refractivity contribution < 1.29 is 38.0 Å². The Morgan fingerprint density at radius 1 is 0.569 bits per heavy atom. The molecule has 0 aliphatic carbocycles. The number of nitrogens with zero attached hydrogens (tertiary/aromatic N) is 2. The number of methoxy groups -OCH3 is 2. The van der Waals surface area contributed by atoms with Gasteiger partial charge in [-0.1, -0.05) is 71.7 Å². The first-order valence-electron chi connectivity index (χ1n) is 20.1. The smallest absolute Gasteiger partial charge is 0.391 e. The lowest BCUT2D eigenvalue weighted by Gasteiger charge is -2.34. The van der Waals surface area contributed by atoms with Crippen LogP contribution in [0.5, 0.6) is 11.5 Å². The summed E-state index contributed by atoms with van der Waals surface area (Å²) in [5.41, 5.74) is 7.12. The molecule has 0 unspecified atom stereocenters. The molecule has 0 aromatic heterocycles. The molecule has 2 fully saturated rings. The van der Waals surface area contributed by atoms with Gasteiger partial charge >= 0.3 is 11.9 Å². The maximum absolute atomic E-state index is 13.6. The van der Waals surface area contributed by atoms with Gasteiger partial charge in [0.15, 0.2) is 0 Å². The molecule has 0 bridgehead atoms. The number of ether oxygens (including phenoxy) is 2. The summed E-state index contributed by atoms with van der Waals surface area (Å²) in [5, 5.41) is 1.22. The molecule has 0 N–H and O–H groups in total. The molecule has 0 radical (unpaired) electrons. The Balaban J connectivity index is 1.13. The first-order chi connectivity index (χ1) is 28.0. The first kappa shape index (κ1) is 42.7. The zero-order chi connectivity index (χ0) is 41.1. The molecular weight excluding hydrogens is 771 g/mol. The molecule has 2 saturated heterocycles. The molecule has 2 aliphatic rings. The van der Waals surface area contributed by atoms with Gasteiger partial charge in [0.2, 0.25) is 0 Å². The summed E-state index contributed by atoms with van der Waals surface area (Å²) in [6.07, 6.45) is 11.0. The molecule has 0 saturated carbocycles. The molecular formula is C48H54Cl2N2O6+2. The van der Waals surface area contributed by atoms with Crippen LogP contribution in [0.1, 0.15) is 62.5 Å². The Kier molecular flexibility index (Phi) is 14.5. The van der Waals surface area contributed by atoms with Gasteiger partial charge in [0.25, 0.3) is 0 Å². The number of rotatable bonds is 14. The lowest BCUT2D eigenvalue weighted by molar-refractivity contribution is -1.06. The van der Waals surface area contributed by atoms with Crippen LogP contribution in [0.2, 0.25) is 10.0 Å². The van der Waals surface area contributed by atoms with Gasteiger partial charge in [0.05, 0.1) is 27.1 Å². The summed E-state index contributed by atoms with van der Waals surface area (Å²) in [5.74, 6) is 0.257. The van der Waals surface area contributed by atoms with E-state index in [4.69, 9.17) is 42.4 Å². The Bertz CT molecular complexity index is 2000. The summed E-state index contributed by atoms with van der Waals surface area (Å²) < 4.78 is 10.8. The highest BCUT2D eigenvalue weighted by Gasteiger charge is 2.39. The van der Waals surface area contributed by atoms with Gasteiger partial charge in [-0.3, -0.25) is 9.68 Å². The van der Waals surface area contributed by atoms with E-state index in [1.165, 1.54) is 12.2 Å². The molecule has 4 aromatic rings. The van der Waals surface area contributed by atoms with E-state index >= 15 is 0 Å². The van der Waals surface area contributed by atoms with Crippen LogP contribution in [0, 0.1) is 0 Å². The maximum Gasteiger partial charge on any atom is 0.391 e. The summed E-state index contributed by atoms with van der Waals surface area (Å²) in [4.78, 5) is 39.6. The highest BCUT2D eigenvalue weighted by molar-refractivity contribution is 6.33. The second kappa shape index (κ2) is 19.7. The minimum Gasteiger partial charge on any atom is -0.497 e. The number of allylic oxidation sites excluding steroid dienone is 2. The minimum atomic E-state index is -0.626. The zero-order valence-electron chi connectivity index (χ0n) is 33.7. The molecule has 8 nitrogen and oxygen atoms in total. The van der Waals surface area contributed by atoms with Crippen molar-refractivity contribution in [3.8, 4) is 33.8 Å². The van der Waals surface area contributed by atoms with Crippen LogP contribution in [0.4, 0.5) is 0 Å². The quantitative estimate of drug-likeness (QED) is 0.0932. The standard InChI is InChI=1S/C48H54Cl2N2O6/c1-35(29-37-19-21-43(45(49)31-37)39-15-13-17-41(33-39)55-3)51(25-9-5-6-10-26-51)57-47(53)23-24-48(54)58-52(27-11-7-8-12-28-52)36(2)30-38-20-22-44(46(50)32-38)40-16-14-18-42(34-40)56-4/h13-24,31-34H,1-2,5-12,25-30H2,3-4H3/q+2/b24-23+. The van der Waals surface area contributed by atoms with Crippen LogP contribution in [0.25, 0.3) is 22.3 Å². The van der Waals surface area contributed by atoms with Gasteiger partial charge in [-0.2, -0.15) is 0 Å². The van der Waals surface area contributed by atoms with Gasteiger partial charge in [0, 0.05) is 59.0 Å². The number of hydrogen-bond acceptors (Lipinski definition) is 6. The van der Waals surface area contributed by atoms with E-state index in [-0.39, 0.29) is 9.29 Å². The van der Waals surface area contributed by atoms with Gasteiger partial charge in [-0.25, -0.2) is 9.59 Å². The van der Waals surface area contributed by atoms with Crippen molar-refractivity contribution in [3.05, 3.63) is 143 Å². The van der Waals surface area contributed by atoms with Gasteiger partial charge < -0.3 is 9.47 Å². The molecule has 0 spiro atoms. The Hall–Kier alpha value is -4.86. The number of hydrogen-bond donors (Lipinski definition) is 0. The lowest BCUT2D eigenvalue weighted by Crippen LogP contribution is -2.49. The Morgan fingerprint density at radius 2 is 0.948 bits per heavy atom. The molecule has 4 aromatic carbocycles. The number of hydroxylamine groups is 6. The molecule has 2 aliphatic heterocycles. The molecule has 0 amide bonds. The second-order valence-corrected chi connectivity index (χ2v) is 16.0. The van der Waals surface area contributed by atoms with E-state index in [1.54, 1.807) is 14.2 Å². The van der Waals surface area contributed by atoms with Crippen molar-refractivity contribution >= 4 is 35.1 Å². The van der Waals surface area contributed by atoms with E-state index < -0.39 is 11.9 Å². The van der Waals surface area contributed by atoms with Crippen LogP contribution in [-0.4, -0.2) is 61.6 Å². The SMILES string of the molecule is C=C(Cc1ccc(-c2cccc(OC)c2)c(Cl)c1)[N+]1(OC(=O)/C=C/C(=O)O[N+]2(C(=C)Cc3ccc(-c4cccc(OC)c4)c(Cl)c3)CCCCCC2)CCCCCC1. The predicted molar refractivity (Wildman–Crippen MR) is 231 cm³/mol. The monoisotopic (exact) mass is 824 g/mol. The van der Waals surface area contributed by atoms with Crippen molar-refractivity contribution in [2.24, 2.45) is 0 Å². The third-order valence-corrected chi connectivity index (χ3v) is 11.9. The first-order valence-corrected chi connectivity index (χ1v) is 20.9. The molecule has 2 heterocycles. The molecule has 6 rings (SSSR count). The summed E-state index contributed by atoms with van der Waals surface area (Å²) >= 11 is 13.6. The van der Waals surface area contributed by atoms with Crippen molar-refractivity contribution in [2.75, 3.05) is 40.4 Å². The van der Waals surface area contributed by atoms with Crippen LogP contribution < -0.4 is 9.47 Å². The fourth-order valence-electron chi connectivity index (χ4n) is 8.03. The van der Waals surface area contributed by atoms with Crippen molar-refractivity contribution in [2.45, 2.75) is 64.2 Å². The molecule has 304 valence electrons. The van der Waals surface area contributed by atoms with Crippen LogP contribution >= 0.6 is 23.2 Å². The van der Waals surface area contributed by atoms with Gasteiger partial charge in [-0.15, -0.1) is 9.29 Å². The molecule has 10 heteroatoms. The van der Waals surface area contributed by atoms with Crippen molar-refractivity contribution in [1.29, 1.82) is 0 Å². The normalized spacial score (nSPS) is 16.4. The van der Waals surface area contributed by atoms with Crippen LogP contribution in [0.3, 0.4) is 0 Å². The van der Waals surface area contributed by atoms with E-state index in [2.05, 4.69) is 13.2 Å². The molecule has 58 heavy (non-hydrogen) atoms. The Morgan fingerprint density at radius 3 is 1.29 bits per heavy atom. The average Bonchev–Trinajstić information content (AvgIpc) is 3.62. The third kappa shape index (κ3) is 10.6. The lowest BCUT2D eigenvalue weighted by atomic mass is 10.0. The second-order valence-electron chi connectivity index (χ2n) is 15.2. The minimum absolute atomic E-state index is 0.0105. The number of carbonyl (C=O) groups is 2. The average molecular weight is 826 g/mol. The van der Waals surface area contributed by atoms with E-state index in [0.29, 0.717) is 49.1 Å². The van der Waals surface area contributed by atoms with Crippen LogP contribution in [-0.2, 0) is 32.1 Å². The zero-order valence-corrected chi connectivity index (χ0v) is 35.2. The van der Waals surface area contributed by atoms with Gasteiger partial charge in [0.1, 0.15) is 49.1 Å². The van der Waals surface area contributed by atoms with E-state index in [0.717, 1.165) is 108 Å². The number of benzene rings is 4. The van der Waals surface area contributed by atoms with Crippen LogP contribution in [0.15, 0.2) is 122 Å². The number of quaternary nitrogens is 2. The summed E-state index contributed by atoms with van der Waals surface area (Å²) in [6.45, 7) is 11.3. The third-order valence-electron chi connectivity index (χ3n) is 11.3. The number of carbonyl (C=O) groups excluding carboxylic acids is 2.